The Bertz CT molecular complexity index is 365. The van der Waals surface area contributed by atoms with Crippen LogP contribution in [0, 0.1) is 0 Å². The number of nitrogens with zero attached hydrogens (tertiary/aromatic N) is 2. The van der Waals surface area contributed by atoms with Crippen molar-refractivity contribution in [2.24, 2.45) is 0 Å². The summed E-state index contributed by atoms with van der Waals surface area (Å²) in [7, 11) is 0. The lowest BCUT2D eigenvalue weighted by Crippen LogP contribution is -2.47. The minimum absolute atomic E-state index is 0.484. The van der Waals surface area contributed by atoms with Gasteiger partial charge < -0.3 is 10.4 Å². The highest BCUT2D eigenvalue weighted by Crippen LogP contribution is 2.22. The van der Waals surface area contributed by atoms with Crippen molar-refractivity contribution in [3.05, 3.63) is 18.0 Å². The van der Waals surface area contributed by atoms with Crippen LogP contribution in [-0.2, 0) is 6.42 Å². The normalized spacial score (nSPS) is 24.7. The van der Waals surface area contributed by atoms with Crippen LogP contribution < -0.4 is 5.32 Å². The van der Waals surface area contributed by atoms with Crippen molar-refractivity contribution in [3.8, 4) is 0 Å². The average molecular weight is 251 g/mol. The Morgan fingerprint density at radius 3 is 2.89 bits per heavy atom. The Labute approximate surface area is 109 Å². The first-order valence-electron chi connectivity index (χ1n) is 7.14. The standard InChI is InChI=1S/C14H25N3O/c1-3-13(4-2)17-9-6-12(16-17)10-14(18)7-5-8-15-11-14/h6,9,13,15,18H,3-5,7-8,10-11H2,1-2H3. The van der Waals surface area contributed by atoms with Gasteiger partial charge >= 0.3 is 0 Å². The molecule has 2 N–H and O–H groups in total. The van der Waals surface area contributed by atoms with Crippen LogP contribution >= 0.6 is 0 Å². The molecule has 2 rings (SSSR count). The highest BCUT2D eigenvalue weighted by atomic mass is 16.3. The van der Waals surface area contributed by atoms with E-state index >= 15 is 0 Å². The van der Waals surface area contributed by atoms with Gasteiger partial charge in [-0.15, -0.1) is 0 Å². The predicted molar refractivity (Wildman–Crippen MR) is 72.6 cm³/mol. The van der Waals surface area contributed by atoms with Gasteiger partial charge in [0.25, 0.3) is 0 Å². The quantitative estimate of drug-likeness (QED) is 0.840. The molecule has 1 aliphatic heterocycles. The van der Waals surface area contributed by atoms with Crippen molar-refractivity contribution in [3.63, 3.8) is 0 Å². The van der Waals surface area contributed by atoms with Crippen LogP contribution in [0.15, 0.2) is 12.3 Å². The van der Waals surface area contributed by atoms with Gasteiger partial charge in [0.1, 0.15) is 0 Å². The maximum atomic E-state index is 10.5. The maximum absolute atomic E-state index is 10.5. The van der Waals surface area contributed by atoms with Crippen molar-refractivity contribution in [2.75, 3.05) is 13.1 Å². The SMILES string of the molecule is CCC(CC)n1ccc(CC2(O)CCCNC2)n1. The molecule has 0 saturated carbocycles. The molecule has 102 valence electrons. The molecule has 4 nitrogen and oxygen atoms in total. The van der Waals surface area contributed by atoms with E-state index in [0.717, 1.165) is 37.9 Å². The average Bonchev–Trinajstić information content (AvgIpc) is 2.79. The van der Waals surface area contributed by atoms with Gasteiger partial charge in [0.2, 0.25) is 0 Å². The molecule has 0 aliphatic carbocycles. The second-order valence-electron chi connectivity index (χ2n) is 5.44. The van der Waals surface area contributed by atoms with Crippen LogP contribution in [0.3, 0.4) is 0 Å². The lowest BCUT2D eigenvalue weighted by molar-refractivity contribution is 0.0159. The third-order valence-electron chi connectivity index (χ3n) is 3.94. The smallest absolute Gasteiger partial charge is 0.0827 e. The number of piperidine rings is 1. The van der Waals surface area contributed by atoms with Gasteiger partial charge in [-0.05, 0) is 38.3 Å². The predicted octanol–water partition coefficient (Wildman–Crippen LogP) is 1.90. The molecule has 1 aromatic rings. The van der Waals surface area contributed by atoms with Gasteiger partial charge in [-0.1, -0.05) is 13.8 Å². The second-order valence-corrected chi connectivity index (χ2v) is 5.44. The number of nitrogens with one attached hydrogen (secondary N) is 1. The minimum atomic E-state index is -0.606. The van der Waals surface area contributed by atoms with Gasteiger partial charge in [0.05, 0.1) is 17.3 Å². The molecular formula is C14H25N3O. The first-order chi connectivity index (χ1) is 8.67. The van der Waals surface area contributed by atoms with Crippen LogP contribution in [0.25, 0.3) is 0 Å². The molecular weight excluding hydrogens is 226 g/mol. The van der Waals surface area contributed by atoms with E-state index in [1.54, 1.807) is 0 Å². The van der Waals surface area contributed by atoms with E-state index in [0.29, 0.717) is 19.0 Å². The van der Waals surface area contributed by atoms with Gasteiger partial charge in [0, 0.05) is 19.2 Å². The molecule has 1 unspecified atom stereocenters. The summed E-state index contributed by atoms with van der Waals surface area (Å²) in [6.45, 7) is 6.08. The third-order valence-corrected chi connectivity index (χ3v) is 3.94. The summed E-state index contributed by atoms with van der Waals surface area (Å²) < 4.78 is 2.05. The molecule has 0 aromatic carbocycles. The van der Waals surface area contributed by atoms with E-state index in [1.165, 1.54) is 0 Å². The van der Waals surface area contributed by atoms with Crippen LogP contribution in [-0.4, -0.2) is 33.6 Å². The zero-order valence-electron chi connectivity index (χ0n) is 11.5. The Balaban J connectivity index is 2.01. The molecule has 1 saturated heterocycles. The van der Waals surface area contributed by atoms with Crippen molar-refractivity contribution in [2.45, 2.75) is 57.6 Å². The largest absolute Gasteiger partial charge is 0.388 e. The molecule has 0 amide bonds. The fourth-order valence-electron chi connectivity index (χ4n) is 2.78. The molecule has 1 aliphatic rings. The fourth-order valence-corrected chi connectivity index (χ4v) is 2.78. The van der Waals surface area contributed by atoms with E-state index in [1.807, 2.05) is 12.3 Å². The van der Waals surface area contributed by atoms with Gasteiger partial charge in [-0.25, -0.2) is 0 Å². The molecule has 1 aromatic heterocycles. The first kappa shape index (κ1) is 13.6. The molecule has 2 heterocycles. The summed E-state index contributed by atoms with van der Waals surface area (Å²) in [5.41, 5.74) is 0.402. The molecule has 0 spiro atoms. The van der Waals surface area contributed by atoms with Crippen molar-refractivity contribution < 1.29 is 5.11 Å². The molecule has 0 radical (unpaired) electrons. The monoisotopic (exact) mass is 251 g/mol. The summed E-state index contributed by atoms with van der Waals surface area (Å²) >= 11 is 0. The van der Waals surface area contributed by atoms with E-state index in [4.69, 9.17) is 0 Å². The highest BCUT2D eigenvalue weighted by molar-refractivity contribution is 5.06. The van der Waals surface area contributed by atoms with Gasteiger partial charge in [-0.3, -0.25) is 4.68 Å². The number of hydrogen-bond acceptors (Lipinski definition) is 3. The molecule has 1 fully saturated rings. The molecule has 18 heavy (non-hydrogen) atoms. The summed E-state index contributed by atoms with van der Waals surface area (Å²) in [6, 6.07) is 2.53. The van der Waals surface area contributed by atoms with Crippen molar-refractivity contribution >= 4 is 0 Å². The van der Waals surface area contributed by atoms with E-state index in [2.05, 4.69) is 28.9 Å². The zero-order valence-corrected chi connectivity index (χ0v) is 11.5. The third kappa shape index (κ3) is 3.12. The van der Waals surface area contributed by atoms with E-state index < -0.39 is 5.60 Å². The maximum Gasteiger partial charge on any atom is 0.0827 e. The van der Waals surface area contributed by atoms with Crippen LogP contribution in [0.4, 0.5) is 0 Å². The molecule has 0 bridgehead atoms. The Hall–Kier alpha value is -0.870. The Morgan fingerprint density at radius 1 is 1.50 bits per heavy atom. The van der Waals surface area contributed by atoms with E-state index in [9.17, 15) is 5.11 Å². The van der Waals surface area contributed by atoms with Gasteiger partial charge in [0.15, 0.2) is 0 Å². The molecule has 4 heteroatoms. The number of β-amino-alcohol motifs (C(OH)–C–C–N with tert-alkyl or cyclic N) is 1. The summed E-state index contributed by atoms with van der Waals surface area (Å²) in [5, 5.41) is 18.4. The number of aliphatic hydroxyl groups is 1. The summed E-state index contributed by atoms with van der Waals surface area (Å²) in [6.07, 6.45) is 6.83. The molecule has 1 atom stereocenters. The highest BCUT2D eigenvalue weighted by Gasteiger charge is 2.30. The lowest BCUT2D eigenvalue weighted by Gasteiger charge is -2.32. The minimum Gasteiger partial charge on any atom is -0.388 e. The Morgan fingerprint density at radius 2 is 2.28 bits per heavy atom. The van der Waals surface area contributed by atoms with Crippen molar-refractivity contribution in [1.29, 1.82) is 0 Å². The number of hydrogen-bond donors (Lipinski definition) is 2. The second kappa shape index (κ2) is 5.85. The van der Waals surface area contributed by atoms with Crippen LogP contribution in [0.2, 0.25) is 0 Å². The fraction of sp³-hybridized carbons (Fsp3) is 0.786. The van der Waals surface area contributed by atoms with Gasteiger partial charge in [-0.2, -0.15) is 5.10 Å². The lowest BCUT2D eigenvalue weighted by atomic mass is 9.89. The summed E-state index contributed by atoms with van der Waals surface area (Å²) in [5.74, 6) is 0. The Kier molecular flexibility index (Phi) is 4.40. The zero-order chi connectivity index (χ0) is 13.0. The number of aromatic nitrogens is 2. The summed E-state index contributed by atoms with van der Waals surface area (Å²) in [4.78, 5) is 0. The van der Waals surface area contributed by atoms with E-state index in [-0.39, 0.29) is 0 Å². The van der Waals surface area contributed by atoms with Crippen LogP contribution in [0.1, 0.15) is 51.3 Å². The first-order valence-corrected chi connectivity index (χ1v) is 7.14. The topological polar surface area (TPSA) is 50.1 Å². The van der Waals surface area contributed by atoms with Crippen molar-refractivity contribution in [1.82, 2.24) is 15.1 Å². The van der Waals surface area contributed by atoms with Crippen LogP contribution in [0.5, 0.6) is 0 Å². The number of rotatable bonds is 5.